The van der Waals surface area contributed by atoms with Crippen molar-refractivity contribution in [3.05, 3.63) is 12.0 Å². The third-order valence-corrected chi connectivity index (χ3v) is 3.64. The van der Waals surface area contributed by atoms with Crippen LogP contribution in [0.3, 0.4) is 0 Å². The van der Waals surface area contributed by atoms with Crippen LogP contribution in [0, 0.1) is 0 Å². The normalized spacial score (nSPS) is 12.9. The van der Waals surface area contributed by atoms with E-state index in [1.54, 1.807) is 0 Å². The fourth-order valence-corrected chi connectivity index (χ4v) is 3.15. The summed E-state index contributed by atoms with van der Waals surface area (Å²) in [5, 5.41) is 0.608. The highest BCUT2D eigenvalue weighted by molar-refractivity contribution is 6.79. The van der Waals surface area contributed by atoms with Gasteiger partial charge in [0.15, 0.2) is 0 Å². The first-order valence-electron chi connectivity index (χ1n) is 3.74. The van der Waals surface area contributed by atoms with Gasteiger partial charge in [0.05, 0.1) is 5.38 Å². The third kappa shape index (κ3) is 5.23. The Balaban J connectivity index is 4.11. The Kier molecular flexibility index (Phi) is 3.10. The monoisotopic (exact) mass is 190 g/mol. The van der Waals surface area contributed by atoms with Crippen LogP contribution < -0.4 is 0 Å². The third-order valence-electron chi connectivity index (χ3n) is 1.11. The van der Waals surface area contributed by atoms with Crippen LogP contribution in [0.5, 0.6) is 0 Å². The van der Waals surface area contributed by atoms with Gasteiger partial charge in [-0.2, -0.15) is 0 Å². The first-order valence-corrected chi connectivity index (χ1v) is 10.1. The summed E-state index contributed by atoms with van der Waals surface area (Å²) in [4.78, 5) is 9.59. The van der Waals surface area contributed by atoms with Crippen molar-refractivity contribution >= 4 is 16.6 Å². The minimum Gasteiger partial charge on any atom is -0.549 e. The lowest BCUT2D eigenvalue weighted by atomic mass is 11.2. The van der Waals surface area contributed by atoms with E-state index in [9.17, 15) is 4.80 Å². The molecule has 1 N–H and O–H groups in total. The van der Waals surface area contributed by atoms with Gasteiger partial charge in [-0.1, -0.05) is 6.58 Å². The van der Waals surface area contributed by atoms with Gasteiger partial charge < -0.3 is 9.22 Å². The fraction of sp³-hybridized carbons (Fsp3) is 0.714. The van der Waals surface area contributed by atoms with E-state index in [2.05, 4.69) is 26.2 Å². The lowest BCUT2D eigenvalue weighted by molar-refractivity contribution is 0.423. The molecule has 0 saturated heterocycles. The van der Waals surface area contributed by atoms with Crippen molar-refractivity contribution in [2.24, 2.45) is 0 Å². The second kappa shape index (κ2) is 3.12. The van der Waals surface area contributed by atoms with Crippen molar-refractivity contribution in [1.82, 2.24) is 0 Å². The lowest BCUT2D eigenvalue weighted by Crippen LogP contribution is -2.36. The second-order valence-electron chi connectivity index (χ2n) is 4.20. The van der Waals surface area contributed by atoms with Crippen molar-refractivity contribution in [1.29, 1.82) is 0 Å². The van der Waals surface area contributed by atoms with Crippen molar-refractivity contribution < 1.29 is 9.22 Å². The molecule has 0 aliphatic heterocycles. The molecule has 0 aromatic heterocycles. The zero-order valence-electron chi connectivity index (χ0n) is 8.06. The molecule has 0 fully saturated rings. The van der Waals surface area contributed by atoms with Crippen LogP contribution in [0.4, 0.5) is 0 Å². The van der Waals surface area contributed by atoms with Crippen LogP contribution in [0.1, 0.15) is 0 Å². The summed E-state index contributed by atoms with van der Waals surface area (Å²) in [6.07, 6.45) is 0. The molecule has 0 amide bonds. The Morgan fingerprint density at radius 3 is 1.64 bits per heavy atom. The van der Waals surface area contributed by atoms with Crippen LogP contribution in [-0.2, 0) is 4.43 Å². The lowest BCUT2D eigenvalue weighted by Gasteiger charge is -2.26. The molecule has 11 heavy (non-hydrogen) atoms. The predicted molar refractivity (Wildman–Crippen MR) is 53.3 cm³/mol. The van der Waals surface area contributed by atoms with Gasteiger partial charge in [-0.3, -0.25) is 0 Å². The van der Waals surface area contributed by atoms with E-state index in [1.807, 2.05) is 13.1 Å². The minimum atomic E-state index is -2.25. The molecule has 0 spiro atoms. The van der Waals surface area contributed by atoms with Crippen molar-refractivity contribution in [2.75, 3.05) is 0 Å². The first-order chi connectivity index (χ1) is 4.63. The Labute approximate surface area is 71.2 Å². The van der Waals surface area contributed by atoms with Crippen LogP contribution in [0.25, 0.3) is 0 Å². The Bertz CT molecular complexity index is 153. The van der Waals surface area contributed by atoms with Gasteiger partial charge in [-0.25, -0.2) is 0 Å². The Morgan fingerprint density at radius 1 is 1.18 bits per heavy atom. The SMILES string of the molecule is C=C(O[Si](C)(C)C)[Si](C)(C)O. The van der Waals surface area contributed by atoms with Gasteiger partial charge in [-0.05, 0) is 32.7 Å². The molecule has 0 radical (unpaired) electrons. The van der Waals surface area contributed by atoms with E-state index < -0.39 is 16.6 Å². The zero-order valence-corrected chi connectivity index (χ0v) is 10.1. The highest BCUT2D eigenvalue weighted by Crippen LogP contribution is 2.16. The van der Waals surface area contributed by atoms with Crippen LogP contribution in [0.2, 0.25) is 32.7 Å². The predicted octanol–water partition coefficient (Wildman–Crippen LogP) is 2.09. The largest absolute Gasteiger partial charge is 0.549 e. The summed E-state index contributed by atoms with van der Waals surface area (Å²) in [5.74, 6) is 0. The molecule has 0 aliphatic carbocycles. The van der Waals surface area contributed by atoms with Crippen LogP contribution in [0.15, 0.2) is 12.0 Å². The summed E-state index contributed by atoms with van der Waals surface area (Å²) in [5.41, 5.74) is 0. The summed E-state index contributed by atoms with van der Waals surface area (Å²) in [6.45, 7) is 13.6. The number of rotatable bonds is 3. The van der Waals surface area contributed by atoms with E-state index in [1.165, 1.54) is 0 Å². The summed E-state index contributed by atoms with van der Waals surface area (Å²) >= 11 is 0. The number of hydrogen-bond donors (Lipinski definition) is 1. The first kappa shape index (κ1) is 10.9. The van der Waals surface area contributed by atoms with Crippen molar-refractivity contribution in [3.63, 3.8) is 0 Å². The average molecular weight is 190 g/mol. The van der Waals surface area contributed by atoms with Gasteiger partial charge >= 0.3 is 0 Å². The van der Waals surface area contributed by atoms with Gasteiger partial charge in [-0.15, -0.1) is 0 Å². The highest BCUT2D eigenvalue weighted by atomic mass is 28.4. The van der Waals surface area contributed by atoms with Gasteiger partial charge in [0, 0.05) is 0 Å². The van der Waals surface area contributed by atoms with Crippen LogP contribution in [-0.4, -0.2) is 21.4 Å². The van der Waals surface area contributed by atoms with Gasteiger partial charge in [0.1, 0.15) is 0 Å². The molecule has 0 aromatic carbocycles. The van der Waals surface area contributed by atoms with Gasteiger partial charge in [0.2, 0.25) is 8.32 Å². The molecular weight excluding hydrogens is 172 g/mol. The molecule has 0 heterocycles. The molecule has 0 aromatic rings. The Morgan fingerprint density at radius 2 is 1.55 bits per heavy atom. The zero-order chi connectivity index (χ0) is 9.28. The molecule has 0 bridgehead atoms. The molecule has 0 aliphatic rings. The van der Waals surface area contributed by atoms with Crippen LogP contribution >= 0.6 is 0 Å². The molecule has 0 atom stereocenters. The van der Waals surface area contributed by atoms with E-state index in [0.29, 0.717) is 5.38 Å². The molecule has 0 unspecified atom stereocenters. The van der Waals surface area contributed by atoms with Gasteiger partial charge in [0.25, 0.3) is 8.32 Å². The fourth-order valence-electron chi connectivity index (χ4n) is 0.494. The van der Waals surface area contributed by atoms with E-state index >= 15 is 0 Å². The molecule has 0 rings (SSSR count). The quantitative estimate of drug-likeness (QED) is 0.545. The Hall–Kier alpha value is -0.0662. The molecule has 66 valence electrons. The maximum Gasteiger partial charge on any atom is 0.250 e. The minimum absolute atomic E-state index is 0.608. The summed E-state index contributed by atoms with van der Waals surface area (Å²) < 4.78 is 5.56. The molecule has 4 heteroatoms. The van der Waals surface area contributed by atoms with E-state index in [0.717, 1.165) is 0 Å². The highest BCUT2D eigenvalue weighted by Gasteiger charge is 2.28. The number of hydrogen-bond acceptors (Lipinski definition) is 2. The van der Waals surface area contributed by atoms with E-state index in [-0.39, 0.29) is 0 Å². The smallest absolute Gasteiger partial charge is 0.250 e. The standard InChI is InChI=1S/C7H18O2Si2/c1-7(11(5,6)8)9-10(2,3)4/h8H,1H2,2-6H3. The maximum absolute atomic E-state index is 9.59. The maximum atomic E-state index is 9.59. The van der Waals surface area contributed by atoms with Crippen molar-refractivity contribution in [3.8, 4) is 0 Å². The molecule has 2 nitrogen and oxygen atoms in total. The summed E-state index contributed by atoms with van der Waals surface area (Å²) in [7, 11) is -3.81. The average Bonchev–Trinajstić information content (AvgIpc) is 1.56. The summed E-state index contributed by atoms with van der Waals surface area (Å²) in [6, 6.07) is 0. The molecule has 0 saturated carbocycles. The topological polar surface area (TPSA) is 29.5 Å². The van der Waals surface area contributed by atoms with E-state index in [4.69, 9.17) is 4.43 Å². The molecular formula is C7H18O2Si2. The van der Waals surface area contributed by atoms with Crippen molar-refractivity contribution in [2.45, 2.75) is 32.7 Å². The second-order valence-corrected chi connectivity index (χ2v) is 12.3.